The number of ether oxygens (including phenoxy) is 3. The molecule has 0 aromatic rings. The Morgan fingerprint density at radius 2 is 0.534 bits per heavy atom. The number of hydrogen-bond donors (Lipinski definition) is 0. The first kappa shape index (κ1) is 70.4. The smallest absolute Gasteiger partial charge is 0.306 e. The number of carbonyl (C=O) groups is 3. The van der Waals surface area contributed by atoms with Crippen molar-refractivity contribution in [1.29, 1.82) is 0 Å². The average Bonchev–Trinajstić information content (AvgIpc) is 3.39. The lowest BCUT2D eigenvalue weighted by molar-refractivity contribution is -0.167. The molecule has 0 rings (SSSR count). The van der Waals surface area contributed by atoms with Crippen molar-refractivity contribution < 1.29 is 28.6 Å². The van der Waals surface area contributed by atoms with E-state index in [2.05, 4.69) is 69.4 Å². The van der Waals surface area contributed by atoms with Gasteiger partial charge in [0, 0.05) is 19.3 Å². The summed E-state index contributed by atoms with van der Waals surface area (Å²) in [6.45, 7) is 6.54. The van der Waals surface area contributed by atoms with Crippen molar-refractivity contribution in [3.8, 4) is 0 Å². The molecule has 0 N–H and O–H groups in total. The quantitative estimate of drug-likeness (QED) is 0.0261. The predicted octanol–water partition coefficient (Wildman–Crippen LogP) is 21.8. The van der Waals surface area contributed by atoms with Gasteiger partial charge in [-0.15, -0.1) is 0 Å². The molecule has 0 aliphatic rings. The SMILES string of the molecule is CC/C=C\C/C=C\C/C=C\C/C=C\CCCCCCCCCCCCC(=O)OC(COC(=O)CCCCCCCCC)COC(=O)CCCCCCCCCCCCCCCCCCCCCCCCCCC. The fraction of sp³-hybridized carbons (Fsp3) is 0.836. The van der Waals surface area contributed by atoms with Crippen molar-refractivity contribution in [2.75, 3.05) is 13.2 Å². The molecule has 0 amide bonds. The Balaban J connectivity index is 4.09. The summed E-state index contributed by atoms with van der Waals surface area (Å²) in [5.41, 5.74) is 0. The van der Waals surface area contributed by atoms with Crippen LogP contribution in [0, 0.1) is 0 Å². The fourth-order valence-corrected chi connectivity index (χ4v) is 9.56. The predicted molar refractivity (Wildman–Crippen MR) is 316 cm³/mol. The molecule has 0 bridgehead atoms. The Morgan fingerprint density at radius 1 is 0.288 bits per heavy atom. The van der Waals surface area contributed by atoms with Crippen LogP contribution >= 0.6 is 0 Å². The zero-order valence-electron chi connectivity index (χ0n) is 48.9. The topological polar surface area (TPSA) is 78.9 Å². The normalized spacial score (nSPS) is 12.3. The monoisotopic (exact) mass is 1020 g/mol. The van der Waals surface area contributed by atoms with Crippen LogP contribution in [0.1, 0.15) is 342 Å². The van der Waals surface area contributed by atoms with Gasteiger partial charge >= 0.3 is 17.9 Å². The van der Waals surface area contributed by atoms with Gasteiger partial charge in [-0.25, -0.2) is 0 Å². The summed E-state index contributed by atoms with van der Waals surface area (Å²) in [6, 6.07) is 0. The molecule has 0 aliphatic heterocycles. The third kappa shape index (κ3) is 60.1. The maximum Gasteiger partial charge on any atom is 0.306 e. The minimum Gasteiger partial charge on any atom is -0.462 e. The highest BCUT2D eigenvalue weighted by atomic mass is 16.6. The van der Waals surface area contributed by atoms with Gasteiger partial charge in [-0.05, 0) is 57.8 Å². The molecule has 426 valence electrons. The van der Waals surface area contributed by atoms with Crippen LogP contribution in [0.25, 0.3) is 0 Å². The maximum absolute atomic E-state index is 12.9. The maximum atomic E-state index is 12.9. The summed E-state index contributed by atoms with van der Waals surface area (Å²) in [7, 11) is 0. The molecule has 0 radical (unpaired) electrons. The van der Waals surface area contributed by atoms with E-state index in [0.717, 1.165) is 83.5 Å². The lowest BCUT2D eigenvalue weighted by Crippen LogP contribution is -2.30. The molecule has 0 saturated carbocycles. The first-order valence-electron chi connectivity index (χ1n) is 32.1. The molecule has 6 heteroatoms. The van der Waals surface area contributed by atoms with Crippen molar-refractivity contribution in [1.82, 2.24) is 0 Å². The van der Waals surface area contributed by atoms with E-state index in [-0.39, 0.29) is 31.1 Å². The van der Waals surface area contributed by atoms with E-state index < -0.39 is 6.10 Å². The number of esters is 3. The number of carbonyl (C=O) groups excluding carboxylic acids is 3. The second kappa shape index (κ2) is 61.9. The number of hydrogen-bond acceptors (Lipinski definition) is 6. The number of unbranched alkanes of at least 4 members (excludes halogenated alkanes) is 40. The summed E-state index contributed by atoms with van der Waals surface area (Å²) < 4.78 is 16.9. The zero-order chi connectivity index (χ0) is 52.9. The molecule has 6 nitrogen and oxygen atoms in total. The Morgan fingerprint density at radius 3 is 0.836 bits per heavy atom. The van der Waals surface area contributed by atoms with Gasteiger partial charge in [0.05, 0.1) is 0 Å². The lowest BCUT2D eigenvalue weighted by Gasteiger charge is -2.18. The van der Waals surface area contributed by atoms with Gasteiger partial charge in [0.25, 0.3) is 0 Å². The van der Waals surface area contributed by atoms with Gasteiger partial charge in [0.2, 0.25) is 0 Å². The highest BCUT2D eigenvalue weighted by Gasteiger charge is 2.19. The highest BCUT2D eigenvalue weighted by Crippen LogP contribution is 2.18. The molecule has 0 aliphatic carbocycles. The average molecular weight is 1020 g/mol. The van der Waals surface area contributed by atoms with Crippen LogP contribution in [0.2, 0.25) is 0 Å². The standard InChI is InChI=1S/C67H122O6/c1-4-7-10-13-16-18-20-22-24-26-28-30-32-33-35-36-38-40-42-44-46-48-51-54-57-60-66(69)72-63-64(62-71-65(68)59-56-53-50-15-12-9-6-3)73-67(70)61-58-55-52-49-47-45-43-41-39-37-34-31-29-27-25-23-21-19-17-14-11-8-5-2/h8,11,17,19,23,25,29,31,64H,4-7,9-10,12-16,18,20-22,24,26-28,30,32-63H2,1-3H3/b11-8-,19-17-,25-23-,31-29-. The van der Waals surface area contributed by atoms with Crippen LogP contribution in [0.4, 0.5) is 0 Å². The molecule has 0 aromatic heterocycles. The van der Waals surface area contributed by atoms with E-state index in [9.17, 15) is 14.4 Å². The van der Waals surface area contributed by atoms with Gasteiger partial charge in [-0.3, -0.25) is 14.4 Å². The van der Waals surface area contributed by atoms with Crippen LogP contribution in [0.5, 0.6) is 0 Å². The fourth-order valence-electron chi connectivity index (χ4n) is 9.56. The van der Waals surface area contributed by atoms with Crippen molar-refractivity contribution >= 4 is 17.9 Å². The molecule has 0 saturated heterocycles. The molecular weight excluding hydrogens is 901 g/mol. The summed E-state index contributed by atoms with van der Waals surface area (Å²) in [5, 5.41) is 0. The molecule has 1 atom stereocenters. The summed E-state index contributed by atoms with van der Waals surface area (Å²) in [5.74, 6) is -0.862. The van der Waals surface area contributed by atoms with Crippen LogP contribution in [0.3, 0.4) is 0 Å². The van der Waals surface area contributed by atoms with E-state index in [1.807, 2.05) is 0 Å². The van der Waals surface area contributed by atoms with Crippen molar-refractivity contribution in [3.05, 3.63) is 48.6 Å². The van der Waals surface area contributed by atoms with Gasteiger partial charge < -0.3 is 14.2 Å². The third-order valence-electron chi connectivity index (χ3n) is 14.3. The van der Waals surface area contributed by atoms with Crippen molar-refractivity contribution in [2.24, 2.45) is 0 Å². The molecule has 0 fully saturated rings. The van der Waals surface area contributed by atoms with E-state index in [1.54, 1.807) is 0 Å². The molecule has 0 aromatic carbocycles. The van der Waals surface area contributed by atoms with E-state index >= 15 is 0 Å². The largest absolute Gasteiger partial charge is 0.462 e. The molecule has 0 spiro atoms. The molecule has 1 unspecified atom stereocenters. The van der Waals surface area contributed by atoms with Gasteiger partial charge in [-0.1, -0.05) is 313 Å². The van der Waals surface area contributed by atoms with Gasteiger partial charge in [0.15, 0.2) is 6.10 Å². The number of allylic oxidation sites excluding steroid dienone is 8. The Labute approximate surface area is 454 Å². The number of rotatable bonds is 59. The molecule has 73 heavy (non-hydrogen) atoms. The summed E-state index contributed by atoms with van der Waals surface area (Å²) in [4.78, 5) is 38.1. The minimum atomic E-state index is -0.771. The van der Waals surface area contributed by atoms with Crippen LogP contribution < -0.4 is 0 Å². The van der Waals surface area contributed by atoms with Crippen LogP contribution in [-0.2, 0) is 28.6 Å². The van der Waals surface area contributed by atoms with Crippen LogP contribution in [0.15, 0.2) is 48.6 Å². The van der Waals surface area contributed by atoms with Gasteiger partial charge in [0.1, 0.15) is 13.2 Å². The lowest BCUT2D eigenvalue weighted by atomic mass is 10.0. The van der Waals surface area contributed by atoms with Crippen LogP contribution in [-0.4, -0.2) is 37.2 Å². The minimum absolute atomic E-state index is 0.0703. The van der Waals surface area contributed by atoms with Crippen molar-refractivity contribution in [3.63, 3.8) is 0 Å². The second-order valence-electron chi connectivity index (χ2n) is 21.7. The van der Waals surface area contributed by atoms with E-state index in [4.69, 9.17) is 14.2 Å². The summed E-state index contributed by atoms with van der Waals surface area (Å²) in [6.07, 6.45) is 77.2. The molecule has 0 heterocycles. The zero-order valence-corrected chi connectivity index (χ0v) is 48.9. The first-order chi connectivity index (χ1) is 36.0. The first-order valence-corrected chi connectivity index (χ1v) is 32.1. The van der Waals surface area contributed by atoms with Crippen molar-refractivity contribution in [2.45, 2.75) is 348 Å². The van der Waals surface area contributed by atoms with E-state index in [1.165, 1.54) is 218 Å². The van der Waals surface area contributed by atoms with E-state index in [0.29, 0.717) is 19.3 Å². The second-order valence-corrected chi connectivity index (χ2v) is 21.7. The molecular formula is C67H122O6. The highest BCUT2D eigenvalue weighted by molar-refractivity contribution is 5.71. The Bertz CT molecular complexity index is 1270. The van der Waals surface area contributed by atoms with Gasteiger partial charge in [-0.2, -0.15) is 0 Å². The Hall–Kier alpha value is -2.63. The Kier molecular flexibility index (Phi) is 59.7. The third-order valence-corrected chi connectivity index (χ3v) is 14.3. The summed E-state index contributed by atoms with van der Waals surface area (Å²) >= 11 is 0.